The molecular formula is C19H22N2O2S. The lowest BCUT2D eigenvalue weighted by Crippen LogP contribution is -2.20. The van der Waals surface area contributed by atoms with Crippen LogP contribution >= 0.6 is 11.3 Å². The van der Waals surface area contributed by atoms with Crippen molar-refractivity contribution in [3.63, 3.8) is 0 Å². The molecule has 0 atom stereocenters. The highest BCUT2D eigenvalue weighted by molar-refractivity contribution is 7.14. The first-order valence-corrected chi connectivity index (χ1v) is 8.76. The van der Waals surface area contributed by atoms with Crippen molar-refractivity contribution in [1.29, 1.82) is 5.26 Å². The van der Waals surface area contributed by atoms with Gasteiger partial charge in [0.15, 0.2) is 6.61 Å². The molecule has 24 heavy (non-hydrogen) atoms. The molecular weight excluding hydrogens is 320 g/mol. The maximum atomic E-state index is 12.1. The zero-order valence-corrected chi connectivity index (χ0v) is 15.3. The molecule has 2 aromatic rings. The summed E-state index contributed by atoms with van der Waals surface area (Å²) in [6.45, 7) is 8.13. The molecule has 0 aliphatic rings. The molecule has 5 heteroatoms. The van der Waals surface area contributed by atoms with E-state index in [0.29, 0.717) is 16.3 Å². The van der Waals surface area contributed by atoms with Crippen LogP contribution in [0.15, 0.2) is 29.6 Å². The summed E-state index contributed by atoms with van der Waals surface area (Å²) < 4.78 is 5.54. The lowest BCUT2D eigenvalue weighted by atomic mass is 9.86. The summed E-state index contributed by atoms with van der Waals surface area (Å²) >= 11 is 1.37. The molecule has 0 aliphatic carbocycles. The normalized spacial score (nSPS) is 11.0. The second-order valence-corrected chi connectivity index (χ2v) is 7.43. The van der Waals surface area contributed by atoms with Crippen LogP contribution in [0.25, 0.3) is 0 Å². The number of nitrogens with zero attached hydrogens (tertiary/aromatic N) is 1. The van der Waals surface area contributed by atoms with Gasteiger partial charge >= 0.3 is 0 Å². The van der Waals surface area contributed by atoms with Gasteiger partial charge in [-0.1, -0.05) is 39.8 Å². The number of thiophene rings is 1. The Hall–Kier alpha value is -2.32. The number of nitriles is 1. The zero-order chi connectivity index (χ0) is 17.7. The molecule has 1 heterocycles. The average Bonchev–Trinajstić information content (AvgIpc) is 2.96. The third kappa shape index (κ3) is 4.36. The second kappa shape index (κ2) is 7.50. The Balaban J connectivity index is 2.03. The average molecular weight is 342 g/mol. The van der Waals surface area contributed by atoms with Gasteiger partial charge in [-0.15, -0.1) is 11.3 Å². The predicted octanol–water partition coefficient (Wildman–Crippen LogP) is 4.50. The number of anilines is 1. The van der Waals surface area contributed by atoms with Crippen molar-refractivity contribution in [3.8, 4) is 11.8 Å². The number of amides is 1. The van der Waals surface area contributed by atoms with Crippen LogP contribution in [0, 0.1) is 11.3 Å². The van der Waals surface area contributed by atoms with Crippen LogP contribution in [-0.4, -0.2) is 12.5 Å². The number of nitrogens with one attached hydrogen (secondary N) is 1. The lowest BCUT2D eigenvalue weighted by Gasteiger charge is -2.17. The Morgan fingerprint density at radius 2 is 2.12 bits per heavy atom. The van der Waals surface area contributed by atoms with E-state index in [1.165, 1.54) is 11.3 Å². The molecule has 126 valence electrons. The van der Waals surface area contributed by atoms with Gasteiger partial charge in [0.2, 0.25) is 0 Å². The van der Waals surface area contributed by atoms with Crippen molar-refractivity contribution < 1.29 is 9.53 Å². The number of rotatable bonds is 5. The number of hydrogen-bond donors (Lipinski definition) is 1. The lowest BCUT2D eigenvalue weighted by molar-refractivity contribution is -0.118. The fourth-order valence-electron chi connectivity index (χ4n) is 2.28. The molecule has 0 bridgehead atoms. The largest absolute Gasteiger partial charge is 0.484 e. The van der Waals surface area contributed by atoms with E-state index in [1.807, 2.05) is 50.4 Å². The quantitative estimate of drug-likeness (QED) is 0.870. The van der Waals surface area contributed by atoms with Crippen LogP contribution in [0.1, 0.15) is 44.4 Å². The maximum absolute atomic E-state index is 12.1. The summed E-state index contributed by atoms with van der Waals surface area (Å²) in [4.78, 5) is 12.1. The summed E-state index contributed by atoms with van der Waals surface area (Å²) in [6, 6.07) is 9.89. The van der Waals surface area contributed by atoms with E-state index in [4.69, 9.17) is 4.74 Å². The molecule has 1 N–H and O–H groups in total. The van der Waals surface area contributed by atoms with Gasteiger partial charge in [-0.3, -0.25) is 4.79 Å². The summed E-state index contributed by atoms with van der Waals surface area (Å²) in [5.41, 5.74) is 2.50. The van der Waals surface area contributed by atoms with Crippen molar-refractivity contribution in [1.82, 2.24) is 0 Å². The Morgan fingerprint density at radius 3 is 2.75 bits per heavy atom. The zero-order valence-electron chi connectivity index (χ0n) is 14.5. The van der Waals surface area contributed by atoms with Gasteiger partial charge in [0.05, 0.1) is 5.56 Å². The van der Waals surface area contributed by atoms with Crippen LogP contribution in [0.3, 0.4) is 0 Å². The molecule has 1 aromatic carbocycles. The molecule has 0 unspecified atom stereocenters. The molecule has 1 amide bonds. The van der Waals surface area contributed by atoms with Gasteiger partial charge in [-0.25, -0.2) is 0 Å². The van der Waals surface area contributed by atoms with E-state index in [1.54, 1.807) is 0 Å². The minimum absolute atomic E-state index is 0.0826. The van der Waals surface area contributed by atoms with Gasteiger partial charge in [0.1, 0.15) is 16.8 Å². The summed E-state index contributed by atoms with van der Waals surface area (Å²) in [7, 11) is 0. The van der Waals surface area contributed by atoms with E-state index in [9.17, 15) is 10.1 Å². The van der Waals surface area contributed by atoms with Gasteiger partial charge in [-0.2, -0.15) is 5.26 Å². The number of aryl methyl sites for hydroxylation is 1. The Kier molecular flexibility index (Phi) is 5.63. The van der Waals surface area contributed by atoms with Crippen LogP contribution in [0.2, 0.25) is 0 Å². The summed E-state index contributed by atoms with van der Waals surface area (Å²) in [6.07, 6.45) is 0.916. The first-order chi connectivity index (χ1) is 11.3. The Bertz CT molecular complexity index is 766. The van der Waals surface area contributed by atoms with Gasteiger partial charge in [0.25, 0.3) is 5.91 Å². The highest BCUT2D eigenvalue weighted by Crippen LogP contribution is 2.35. The van der Waals surface area contributed by atoms with E-state index in [0.717, 1.165) is 17.5 Å². The highest BCUT2D eigenvalue weighted by Gasteiger charge is 2.23. The first-order valence-electron chi connectivity index (χ1n) is 7.88. The topological polar surface area (TPSA) is 62.1 Å². The van der Waals surface area contributed by atoms with Crippen molar-refractivity contribution >= 4 is 22.2 Å². The van der Waals surface area contributed by atoms with E-state index < -0.39 is 0 Å². The van der Waals surface area contributed by atoms with Crippen LogP contribution in [-0.2, 0) is 16.6 Å². The van der Waals surface area contributed by atoms with Crippen LogP contribution in [0.5, 0.6) is 5.75 Å². The minimum atomic E-state index is -0.268. The molecule has 1 aromatic heterocycles. The number of ether oxygens (including phenoxy) is 1. The van der Waals surface area contributed by atoms with E-state index in [-0.39, 0.29) is 17.9 Å². The van der Waals surface area contributed by atoms with Crippen molar-refractivity contribution in [2.24, 2.45) is 0 Å². The third-order valence-corrected chi connectivity index (χ3v) is 4.54. The molecule has 0 fully saturated rings. The molecule has 2 rings (SSSR count). The molecule has 0 radical (unpaired) electrons. The second-order valence-electron chi connectivity index (χ2n) is 6.55. The summed E-state index contributed by atoms with van der Waals surface area (Å²) in [5.74, 6) is 0.405. The van der Waals surface area contributed by atoms with E-state index >= 15 is 0 Å². The Morgan fingerprint density at radius 1 is 1.38 bits per heavy atom. The smallest absolute Gasteiger partial charge is 0.262 e. The van der Waals surface area contributed by atoms with Crippen LogP contribution < -0.4 is 10.1 Å². The number of benzene rings is 1. The monoisotopic (exact) mass is 342 g/mol. The molecule has 0 spiro atoms. The molecule has 4 nitrogen and oxygen atoms in total. The van der Waals surface area contributed by atoms with Gasteiger partial charge < -0.3 is 10.1 Å². The van der Waals surface area contributed by atoms with Crippen molar-refractivity contribution in [2.45, 2.75) is 39.5 Å². The van der Waals surface area contributed by atoms with Gasteiger partial charge in [-0.05, 0) is 40.5 Å². The standard InChI is InChI=1S/C19H22N2O2S/c1-5-13-7-6-8-14(9-13)23-11-17(22)21-18-15(10-20)16(12-24-18)19(2,3)4/h6-9,12H,5,11H2,1-4H3,(H,21,22). The van der Waals surface area contributed by atoms with E-state index in [2.05, 4.69) is 18.3 Å². The Labute approximate surface area is 147 Å². The SMILES string of the molecule is CCc1cccc(OCC(=O)Nc2scc(C(C)(C)C)c2C#N)c1. The fraction of sp³-hybridized carbons (Fsp3) is 0.368. The highest BCUT2D eigenvalue weighted by atomic mass is 32.1. The third-order valence-electron chi connectivity index (χ3n) is 3.64. The van der Waals surface area contributed by atoms with Crippen molar-refractivity contribution in [2.75, 3.05) is 11.9 Å². The fourth-order valence-corrected chi connectivity index (χ4v) is 3.43. The van der Waals surface area contributed by atoms with Gasteiger partial charge in [0, 0.05) is 0 Å². The van der Waals surface area contributed by atoms with Crippen LogP contribution in [0.4, 0.5) is 5.00 Å². The number of carbonyl (C=O) groups is 1. The minimum Gasteiger partial charge on any atom is -0.484 e. The first kappa shape index (κ1) is 18.0. The molecule has 0 saturated carbocycles. The molecule has 0 saturated heterocycles. The predicted molar refractivity (Wildman–Crippen MR) is 97.7 cm³/mol. The van der Waals surface area contributed by atoms with Crippen molar-refractivity contribution in [3.05, 3.63) is 46.3 Å². The maximum Gasteiger partial charge on any atom is 0.262 e. The summed E-state index contributed by atoms with van der Waals surface area (Å²) in [5, 5.41) is 14.7. The molecule has 0 aliphatic heterocycles. The number of carbonyl (C=O) groups excluding carboxylic acids is 1. The number of hydrogen-bond acceptors (Lipinski definition) is 4.